The number of piperazine rings is 1. The van der Waals surface area contributed by atoms with E-state index < -0.39 is 6.04 Å². The Hall–Kier alpha value is -3.19. The Kier molecular flexibility index (Phi) is 6.62. The largest absolute Gasteiger partial charge is 0.353 e. The van der Waals surface area contributed by atoms with Gasteiger partial charge in [0.2, 0.25) is 11.8 Å². The monoisotopic (exact) mass is 419 g/mol. The highest BCUT2D eigenvalue weighted by atomic mass is 16.2. The normalized spacial score (nSPS) is 16.9. The van der Waals surface area contributed by atoms with E-state index in [2.05, 4.69) is 45.6 Å². The molecule has 3 aromatic rings. The molecule has 162 valence electrons. The fraction of sp³-hybridized carbons (Fsp3) is 0.375. The molecule has 1 atom stereocenters. The Bertz CT molecular complexity index is 1030. The number of hydrogen-bond acceptors (Lipinski definition) is 4. The van der Waals surface area contributed by atoms with Gasteiger partial charge < -0.3 is 10.2 Å². The lowest BCUT2D eigenvalue weighted by molar-refractivity contribution is -0.139. The molecule has 31 heavy (non-hydrogen) atoms. The quantitative estimate of drug-likeness (QED) is 0.608. The van der Waals surface area contributed by atoms with Crippen molar-refractivity contribution < 1.29 is 9.59 Å². The van der Waals surface area contributed by atoms with Crippen molar-refractivity contribution in [3.8, 4) is 0 Å². The first-order valence-electron chi connectivity index (χ1n) is 10.9. The molecular formula is C24H29N5O2. The third-order valence-electron chi connectivity index (χ3n) is 5.90. The number of benzene rings is 2. The van der Waals surface area contributed by atoms with E-state index >= 15 is 0 Å². The van der Waals surface area contributed by atoms with Crippen molar-refractivity contribution >= 4 is 22.6 Å². The van der Waals surface area contributed by atoms with Crippen LogP contribution in [0.3, 0.4) is 0 Å². The van der Waals surface area contributed by atoms with Gasteiger partial charge in [-0.2, -0.15) is 5.10 Å². The first kappa shape index (κ1) is 21.1. The van der Waals surface area contributed by atoms with Crippen molar-refractivity contribution in [1.29, 1.82) is 0 Å². The lowest BCUT2D eigenvalue weighted by atomic mass is 10.0. The number of aromatic nitrogens is 2. The van der Waals surface area contributed by atoms with Crippen molar-refractivity contribution in [3.05, 3.63) is 66.5 Å². The summed E-state index contributed by atoms with van der Waals surface area (Å²) in [7, 11) is 0. The fourth-order valence-corrected chi connectivity index (χ4v) is 4.15. The Morgan fingerprint density at radius 3 is 2.81 bits per heavy atom. The number of fused-ring (bicyclic) bond motifs is 1. The van der Waals surface area contributed by atoms with Crippen LogP contribution in [0.25, 0.3) is 10.8 Å². The zero-order chi connectivity index (χ0) is 21.6. The Morgan fingerprint density at radius 2 is 2.03 bits per heavy atom. The van der Waals surface area contributed by atoms with Crippen LogP contribution in [-0.2, 0) is 22.7 Å². The highest BCUT2D eigenvalue weighted by Gasteiger charge is 2.32. The number of carbonyl (C=O) groups is 2. The van der Waals surface area contributed by atoms with Gasteiger partial charge in [-0.15, -0.1) is 0 Å². The van der Waals surface area contributed by atoms with E-state index in [0.29, 0.717) is 32.7 Å². The number of carbonyl (C=O) groups excluding carboxylic acids is 2. The molecule has 1 aromatic heterocycles. The maximum Gasteiger partial charge on any atom is 0.237 e. The molecular weight excluding hydrogens is 390 g/mol. The number of likely N-dealkylation sites (N-methyl/N-ethyl adjacent to an activating group) is 1. The third-order valence-corrected chi connectivity index (χ3v) is 5.90. The van der Waals surface area contributed by atoms with Crippen LogP contribution in [0, 0.1) is 0 Å². The SMILES string of the molecule is CCN(CCn1cccn1)C(=O)CC1C(=O)NCCN1Cc1ccc2ccccc2c1. The zero-order valence-corrected chi connectivity index (χ0v) is 17.9. The maximum atomic E-state index is 13.0. The summed E-state index contributed by atoms with van der Waals surface area (Å²) in [6.45, 7) is 5.79. The minimum absolute atomic E-state index is 0.000201. The molecule has 2 amide bonds. The lowest BCUT2D eigenvalue weighted by Gasteiger charge is -2.35. The third kappa shape index (κ3) is 5.11. The number of nitrogens with zero attached hydrogens (tertiary/aromatic N) is 4. The highest BCUT2D eigenvalue weighted by Crippen LogP contribution is 2.20. The van der Waals surface area contributed by atoms with Gasteiger partial charge in [-0.3, -0.25) is 19.2 Å². The van der Waals surface area contributed by atoms with Gasteiger partial charge in [-0.05, 0) is 35.4 Å². The molecule has 7 nitrogen and oxygen atoms in total. The van der Waals surface area contributed by atoms with E-state index in [1.807, 2.05) is 36.0 Å². The zero-order valence-electron chi connectivity index (χ0n) is 17.9. The molecule has 1 aliphatic rings. The predicted octanol–water partition coefficient (Wildman–Crippen LogP) is 2.28. The summed E-state index contributed by atoms with van der Waals surface area (Å²) in [6, 6.07) is 16.1. The minimum atomic E-state index is -0.452. The highest BCUT2D eigenvalue weighted by molar-refractivity contribution is 5.89. The van der Waals surface area contributed by atoms with Gasteiger partial charge in [0, 0.05) is 45.1 Å². The molecule has 1 N–H and O–H groups in total. The molecule has 1 fully saturated rings. The van der Waals surface area contributed by atoms with Gasteiger partial charge >= 0.3 is 0 Å². The minimum Gasteiger partial charge on any atom is -0.353 e. The maximum absolute atomic E-state index is 13.0. The molecule has 0 radical (unpaired) electrons. The molecule has 2 heterocycles. The Labute approximate surface area is 182 Å². The summed E-state index contributed by atoms with van der Waals surface area (Å²) < 4.78 is 1.81. The topological polar surface area (TPSA) is 70.5 Å². The molecule has 0 spiro atoms. The van der Waals surface area contributed by atoms with E-state index in [0.717, 1.165) is 12.1 Å². The van der Waals surface area contributed by atoms with Crippen LogP contribution in [-0.4, -0.2) is 63.6 Å². The second kappa shape index (κ2) is 9.75. The van der Waals surface area contributed by atoms with Crippen molar-refractivity contribution in [2.24, 2.45) is 0 Å². The summed E-state index contributed by atoms with van der Waals surface area (Å²) in [4.78, 5) is 29.6. The molecule has 0 bridgehead atoms. The number of rotatable bonds is 8. The summed E-state index contributed by atoms with van der Waals surface area (Å²) >= 11 is 0. The molecule has 7 heteroatoms. The van der Waals surface area contributed by atoms with Crippen molar-refractivity contribution in [3.63, 3.8) is 0 Å². The van der Waals surface area contributed by atoms with Gasteiger partial charge in [-0.1, -0.05) is 36.4 Å². The molecule has 1 unspecified atom stereocenters. The smallest absolute Gasteiger partial charge is 0.237 e. The molecule has 4 rings (SSSR count). The van der Waals surface area contributed by atoms with Crippen LogP contribution in [0.4, 0.5) is 0 Å². The van der Waals surface area contributed by atoms with Crippen LogP contribution in [0.1, 0.15) is 18.9 Å². The lowest BCUT2D eigenvalue weighted by Crippen LogP contribution is -2.56. The fourth-order valence-electron chi connectivity index (χ4n) is 4.15. The van der Waals surface area contributed by atoms with Gasteiger partial charge in [-0.25, -0.2) is 0 Å². The van der Waals surface area contributed by atoms with Crippen molar-refractivity contribution in [2.45, 2.75) is 32.5 Å². The average Bonchev–Trinajstić information content (AvgIpc) is 3.30. The Morgan fingerprint density at radius 1 is 1.19 bits per heavy atom. The molecule has 1 aliphatic heterocycles. The summed E-state index contributed by atoms with van der Waals surface area (Å²) in [6.07, 6.45) is 3.81. The molecule has 1 saturated heterocycles. The standard InChI is InChI=1S/C24H29N5O2/c1-2-27(14-15-29-12-5-10-26-29)23(30)17-22-24(31)25-11-13-28(22)18-19-8-9-20-6-3-4-7-21(20)16-19/h3-10,12,16,22H,2,11,13-15,17-18H2,1H3,(H,25,31). The van der Waals surface area contributed by atoms with E-state index in [9.17, 15) is 9.59 Å². The van der Waals surface area contributed by atoms with Gasteiger partial charge in [0.25, 0.3) is 0 Å². The second-order valence-corrected chi connectivity index (χ2v) is 7.91. The van der Waals surface area contributed by atoms with Crippen molar-refractivity contribution in [1.82, 2.24) is 24.9 Å². The van der Waals surface area contributed by atoms with Crippen LogP contribution >= 0.6 is 0 Å². The van der Waals surface area contributed by atoms with Gasteiger partial charge in [0.15, 0.2) is 0 Å². The van der Waals surface area contributed by atoms with Crippen molar-refractivity contribution in [2.75, 3.05) is 26.2 Å². The van der Waals surface area contributed by atoms with Crippen LogP contribution < -0.4 is 5.32 Å². The van der Waals surface area contributed by atoms with E-state index in [4.69, 9.17) is 0 Å². The molecule has 0 saturated carbocycles. The predicted molar refractivity (Wildman–Crippen MR) is 120 cm³/mol. The van der Waals surface area contributed by atoms with E-state index in [-0.39, 0.29) is 18.2 Å². The summed E-state index contributed by atoms with van der Waals surface area (Å²) in [5.41, 5.74) is 1.15. The molecule has 2 aromatic carbocycles. The average molecular weight is 420 g/mol. The van der Waals surface area contributed by atoms with Crippen LogP contribution in [0.5, 0.6) is 0 Å². The number of hydrogen-bond donors (Lipinski definition) is 1. The number of nitrogens with one attached hydrogen (secondary N) is 1. The van der Waals surface area contributed by atoms with Crippen LogP contribution in [0.2, 0.25) is 0 Å². The van der Waals surface area contributed by atoms with E-state index in [1.54, 1.807) is 11.1 Å². The first-order chi connectivity index (χ1) is 15.1. The first-order valence-corrected chi connectivity index (χ1v) is 10.9. The Balaban J connectivity index is 1.43. The van der Waals surface area contributed by atoms with E-state index in [1.165, 1.54) is 10.8 Å². The summed E-state index contributed by atoms with van der Waals surface area (Å²) in [5.74, 6) is -0.0660. The molecule has 0 aliphatic carbocycles. The van der Waals surface area contributed by atoms with Gasteiger partial charge in [0.1, 0.15) is 0 Å². The van der Waals surface area contributed by atoms with Gasteiger partial charge in [0.05, 0.1) is 19.0 Å². The van der Waals surface area contributed by atoms with Crippen LogP contribution in [0.15, 0.2) is 60.9 Å². The number of amides is 2. The second-order valence-electron chi connectivity index (χ2n) is 7.91. The summed E-state index contributed by atoms with van der Waals surface area (Å²) in [5, 5.41) is 9.51.